The van der Waals surface area contributed by atoms with Gasteiger partial charge in [0.1, 0.15) is 0 Å². The third kappa shape index (κ3) is 1.11. The first-order valence-electron chi connectivity index (χ1n) is 5.02. The van der Waals surface area contributed by atoms with Gasteiger partial charge in [-0.15, -0.1) is 0 Å². The zero-order chi connectivity index (χ0) is 10.4. The zero-order valence-electron chi connectivity index (χ0n) is 8.54. The number of nitrogens with two attached hydrogens (primary N) is 1. The van der Waals surface area contributed by atoms with E-state index < -0.39 is 0 Å². The number of fused-ring (bicyclic) bond motifs is 3. The van der Waals surface area contributed by atoms with Crippen LogP contribution in [0, 0.1) is 6.92 Å². The van der Waals surface area contributed by atoms with E-state index in [1.807, 2.05) is 12.1 Å². The summed E-state index contributed by atoms with van der Waals surface area (Å²) in [5, 5.41) is 2.45. The van der Waals surface area contributed by atoms with Gasteiger partial charge in [-0.1, -0.05) is 23.8 Å². The number of hydrogen-bond donors (Lipinski definition) is 2. The fraction of sp³-hybridized carbons (Fsp3) is 0.0769. The van der Waals surface area contributed by atoms with Gasteiger partial charge in [-0.3, -0.25) is 0 Å². The molecule has 1 aromatic heterocycles. The maximum absolute atomic E-state index is 5.93. The van der Waals surface area contributed by atoms with Gasteiger partial charge >= 0.3 is 0 Å². The van der Waals surface area contributed by atoms with Gasteiger partial charge in [0.2, 0.25) is 0 Å². The van der Waals surface area contributed by atoms with Crippen LogP contribution < -0.4 is 5.73 Å². The largest absolute Gasteiger partial charge is 0.397 e. The number of anilines is 1. The predicted molar refractivity (Wildman–Crippen MR) is 65.0 cm³/mol. The van der Waals surface area contributed by atoms with Crippen molar-refractivity contribution in [3.63, 3.8) is 0 Å². The maximum Gasteiger partial charge on any atom is 0.0698 e. The number of aromatic amines is 1. The fourth-order valence-electron chi connectivity index (χ4n) is 2.06. The summed E-state index contributed by atoms with van der Waals surface area (Å²) in [6.45, 7) is 2.10. The average Bonchev–Trinajstić information content (AvgIpc) is 2.58. The van der Waals surface area contributed by atoms with Crippen LogP contribution in [0.4, 0.5) is 5.69 Å². The highest BCUT2D eigenvalue weighted by molar-refractivity contribution is 6.10. The normalized spacial score (nSPS) is 11.3. The molecule has 2 aromatic carbocycles. The topological polar surface area (TPSA) is 41.8 Å². The van der Waals surface area contributed by atoms with Crippen LogP contribution in [0.25, 0.3) is 21.8 Å². The van der Waals surface area contributed by atoms with E-state index in [4.69, 9.17) is 5.73 Å². The van der Waals surface area contributed by atoms with Crippen LogP contribution in [0.15, 0.2) is 36.4 Å². The van der Waals surface area contributed by atoms with Gasteiger partial charge in [0, 0.05) is 16.3 Å². The number of aryl methyl sites for hydroxylation is 1. The van der Waals surface area contributed by atoms with Gasteiger partial charge in [0.25, 0.3) is 0 Å². The SMILES string of the molecule is Cc1ccc2[nH]c3c(N)cccc3c2c1. The lowest BCUT2D eigenvalue weighted by molar-refractivity contribution is 1.49. The van der Waals surface area contributed by atoms with Crippen molar-refractivity contribution in [2.45, 2.75) is 6.92 Å². The molecule has 0 spiro atoms. The van der Waals surface area contributed by atoms with Crippen LogP contribution >= 0.6 is 0 Å². The van der Waals surface area contributed by atoms with Crippen molar-refractivity contribution in [1.29, 1.82) is 0 Å². The minimum atomic E-state index is 0.807. The van der Waals surface area contributed by atoms with Crippen LogP contribution in [0.5, 0.6) is 0 Å². The molecule has 2 nitrogen and oxygen atoms in total. The second-order valence-corrected chi connectivity index (χ2v) is 3.94. The molecule has 2 heteroatoms. The standard InChI is InChI=1S/C13H12N2/c1-8-5-6-12-10(7-8)9-3-2-4-11(14)13(9)15-12/h2-7,15H,14H2,1H3. The lowest BCUT2D eigenvalue weighted by Gasteiger charge is -1.94. The summed E-state index contributed by atoms with van der Waals surface area (Å²) in [5.41, 5.74) is 10.2. The number of hydrogen-bond acceptors (Lipinski definition) is 1. The number of nitrogen functional groups attached to an aromatic ring is 1. The molecule has 0 aliphatic heterocycles. The Morgan fingerprint density at radius 3 is 2.80 bits per heavy atom. The summed E-state index contributed by atoms with van der Waals surface area (Å²) in [5.74, 6) is 0. The van der Waals surface area contributed by atoms with Crippen molar-refractivity contribution in [3.8, 4) is 0 Å². The quantitative estimate of drug-likeness (QED) is 0.532. The molecule has 0 saturated heterocycles. The number of nitrogens with one attached hydrogen (secondary N) is 1. The van der Waals surface area contributed by atoms with Crippen molar-refractivity contribution < 1.29 is 0 Å². The lowest BCUT2D eigenvalue weighted by Crippen LogP contribution is -1.84. The van der Waals surface area contributed by atoms with Gasteiger partial charge in [-0.05, 0) is 25.1 Å². The summed E-state index contributed by atoms with van der Waals surface area (Å²) in [6, 6.07) is 12.4. The molecule has 0 aliphatic rings. The smallest absolute Gasteiger partial charge is 0.0698 e. The van der Waals surface area contributed by atoms with E-state index >= 15 is 0 Å². The van der Waals surface area contributed by atoms with Gasteiger partial charge in [-0.25, -0.2) is 0 Å². The van der Waals surface area contributed by atoms with Gasteiger partial charge in [0.15, 0.2) is 0 Å². The van der Waals surface area contributed by atoms with E-state index in [-0.39, 0.29) is 0 Å². The number of rotatable bonds is 0. The minimum Gasteiger partial charge on any atom is -0.397 e. The highest BCUT2D eigenvalue weighted by Gasteiger charge is 2.05. The van der Waals surface area contributed by atoms with Crippen molar-refractivity contribution in [2.24, 2.45) is 0 Å². The van der Waals surface area contributed by atoms with Crippen LogP contribution in [0.3, 0.4) is 0 Å². The summed E-state index contributed by atoms with van der Waals surface area (Å²) in [7, 11) is 0. The molecule has 0 bridgehead atoms. The van der Waals surface area contributed by atoms with E-state index in [0.29, 0.717) is 0 Å². The monoisotopic (exact) mass is 196 g/mol. The van der Waals surface area contributed by atoms with Crippen LogP contribution in [0.1, 0.15) is 5.56 Å². The second-order valence-electron chi connectivity index (χ2n) is 3.94. The second kappa shape index (κ2) is 2.76. The van der Waals surface area contributed by atoms with Crippen molar-refractivity contribution >= 4 is 27.5 Å². The molecule has 0 saturated carbocycles. The summed E-state index contributed by atoms with van der Waals surface area (Å²) >= 11 is 0. The molecule has 74 valence electrons. The van der Waals surface area contributed by atoms with Crippen LogP contribution in [0.2, 0.25) is 0 Å². The number of H-pyrrole nitrogens is 1. The maximum atomic E-state index is 5.93. The van der Waals surface area contributed by atoms with E-state index in [2.05, 4.69) is 36.2 Å². The van der Waals surface area contributed by atoms with Gasteiger partial charge in [-0.2, -0.15) is 0 Å². The molecule has 0 aliphatic carbocycles. The van der Waals surface area contributed by atoms with Crippen LogP contribution in [-0.2, 0) is 0 Å². The summed E-state index contributed by atoms with van der Waals surface area (Å²) in [6.07, 6.45) is 0. The zero-order valence-corrected chi connectivity index (χ0v) is 8.54. The molecular weight excluding hydrogens is 184 g/mol. The lowest BCUT2D eigenvalue weighted by atomic mass is 10.1. The third-order valence-corrected chi connectivity index (χ3v) is 2.82. The first-order valence-corrected chi connectivity index (χ1v) is 5.02. The summed E-state index contributed by atoms with van der Waals surface area (Å²) in [4.78, 5) is 3.35. The molecule has 0 fully saturated rings. The third-order valence-electron chi connectivity index (χ3n) is 2.82. The van der Waals surface area contributed by atoms with E-state index in [9.17, 15) is 0 Å². The Morgan fingerprint density at radius 2 is 1.93 bits per heavy atom. The highest BCUT2D eigenvalue weighted by Crippen LogP contribution is 2.29. The number of benzene rings is 2. The molecular formula is C13H12N2. The van der Waals surface area contributed by atoms with Crippen molar-refractivity contribution in [1.82, 2.24) is 4.98 Å². The molecule has 3 rings (SSSR count). The predicted octanol–water partition coefficient (Wildman–Crippen LogP) is 3.21. The minimum absolute atomic E-state index is 0.807. The Kier molecular flexibility index (Phi) is 1.54. The Labute approximate surface area is 87.7 Å². The fourth-order valence-corrected chi connectivity index (χ4v) is 2.06. The molecule has 0 unspecified atom stereocenters. The molecule has 0 radical (unpaired) electrons. The molecule has 1 heterocycles. The average molecular weight is 196 g/mol. The number of aromatic nitrogens is 1. The Hall–Kier alpha value is -1.96. The summed E-state index contributed by atoms with van der Waals surface area (Å²) < 4.78 is 0. The van der Waals surface area contributed by atoms with E-state index in [0.717, 1.165) is 16.7 Å². The number of para-hydroxylation sites is 1. The molecule has 3 aromatic rings. The molecule has 3 N–H and O–H groups in total. The Bertz CT molecular complexity index is 650. The van der Waals surface area contributed by atoms with Gasteiger partial charge < -0.3 is 10.7 Å². The van der Waals surface area contributed by atoms with E-state index in [1.54, 1.807) is 0 Å². The first-order chi connectivity index (χ1) is 7.25. The molecule has 0 amide bonds. The van der Waals surface area contributed by atoms with E-state index in [1.165, 1.54) is 16.3 Å². The van der Waals surface area contributed by atoms with Gasteiger partial charge in [0.05, 0.1) is 11.2 Å². The highest BCUT2D eigenvalue weighted by atomic mass is 14.7. The molecule has 15 heavy (non-hydrogen) atoms. The van der Waals surface area contributed by atoms with Crippen molar-refractivity contribution in [3.05, 3.63) is 42.0 Å². The van der Waals surface area contributed by atoms with Crippen LogP contribution in [-0.4, -0.2) is 4.98 Å². The first kappa shape index (κ1) is 8.36. The molecule has 0 atom stereocenters. The Balaban J connectivity index is 2.58. The Morgan fingerprint density at radius 1 is 1.07 bits per heavy atom. The van der Waals surface area contributed by atoms with Crippen molar-refractivity contribution in [2.75, 3.05) is 5.73 Å².